The van der Waals surface area contributed by atoms with Crippen LogP contribution >= 0.6 is 0 Å². The highest BCUT2D eigenvalue weighted by Gasteiger charge is 2.17. The molecule has 0 radical (unpaired) electrons. The van der Waals surface area contributed by atoms with Gasteiger partial charge in [-0.2, -0.15) is 0 Å². The number of ether oxygens (including phenoxy) is 1. The largest absolute Gasteiger partial charge is 0.480 e. The van der Waals surface area contributed by atoms with E-state index in [2.05, 4.69) is 12.2 Å². The maximum atomic E-state index is 11.8. The predicted octanol–water partition coefficient (Wildman–Crippen LogP) is 0.919. The number of carbonyl (C=O) groups is 2. The molecule has 1 heterocycles. The Kier molecular flexibility index (Phi) is 6.49. The van der Waals surface area contributed by atoms with E-state index in [1.54, 1.807) is 0 Å². The number of urea groups is 1. The minimum atomic E-state index is -0.997. The Morgan fingerprint density at radius 1 is 1.39 bits per heavy atom. The van der Waals surface area contributed by atoms with E-state index in [4.69, 9.17) is 9.84 Å². The van der Waals surface area contributed by atoms with Crippen LogP contribution in [-0.2, 0) is 9.53 Å². The van der Waals surface area contributed by atoms with Crippen molar-refractivity contribution < 1.29 is 19.4 Å². The molecule has 2 N–H and O–H groups in total. The highest BCUT2D eigenvalue weighted by molar-refractivity contribution is 5.74. The van der Waals surface area contributed by atoms with Gasteiger partial charge in [0.25, 0.3) is 0 Å². The van der Waals surface area contributed by atoms with Crippen molar-refractivity contribution in [2.45, 2.75) is 26.2 Å². The lowest BCUT2D eigenvalue weighted by Crippen LogP contribution is -2.41. The van der Waals surface area contributed by atoms with Gasteiger partial charge in [-0.15, -0.1) is 0 Å². The standard InChI is InChI=1S/C12H22N2O4/c1-10-3-2-6-14(7-4-10)12(17)13-5-8-18-9-11(15)16/h10H,2-9H2,1H3,(H,13,17)(H,15,16). The Morgan fingerprint density at radius 2 is 2.17 bits per heavy atom. The van der Waals surface area contributed by atoms with Gasteiger partial charge < -0.3 is 20.1 Å². The van der Waals surface area contributed by atoms with Crippen molar-refractivity contribution in [1.29, 1.82) is 0 Å². The van der Waals surface area contributed by atoms with Gasteiger partial charge in [0, 0.05) is 19.6 Å². The van der Waals surface area contributed by atoms with E-state index in [0.717, 1.165) is 25.9 Å². The molecule has 2 amide bonds. The van der Waals surface area contributed by atoms with Crippen LogP contribution in [-0.4, -0.2) is 54.9 Å². The second kappa shape index (κ2) is 7.92. The number of carboxylic acid groups (broad SMARTS) is 1. The van der Waals surface area contributed by atoms with Crippen molar-refractivity contribution in [1.82, 2.24) is 10.2 Å². The first kappa shape index (κ1) is 14.8. The van der Waals surface area contributed by atoms with Crippen LogP contribution < -0.4 is 5.32 Å². The Hall–Kier alpha value is -1.30. The summed E-state index contributed by atoms with van der Waals surface area (Å²) in [5.41, 5.74) is 0. The summed E-state index contributed by atoms with van der Waals surface area (Å²) in [7, 11) is 0. The number of likely N-dealkylation sites (tertiary alicyclic amines) is 1. The van der Waals surface area contributed by atoms with Gasteiger partial charge in [0.2, 0.25) is 0 Å². The summed E-state index contributed by atoms with van der Waals surface area (Å²) in [5.74, 6) is -0.315. The number of carboxylic acids is 1. The van der Waals surface area contributed by atoms with E-state index in [-0.39, 0.29) is 19.2 Å². The first-order chi connectivity index (χ1) is 8.59. The lowest BCUT2D eigenvalue weighted by Gasteiger charge is -2.20. The summed E-state index contributed by atoms with van der Waals surface area (Å²) in [6.45, 7) is 4.05. The Morgan fingerprint density at radius 3 is 2.89 bits per heavy atom. The predicted molar refractivity (Wildman–Crippen MR) is 66.4 cm³/mol. The molecule has 0 spiro atoms. The highest BCUT2D eigenvalue weighted by atomic mass is 16.5. The summed E-state index contributed by atoms with van der Waals surface area (Å²) in [4.78, 5) is 23.8. The van der Waals surface area contributed by atoms with Crippen LogP contribution in [0.5, 0.6) is 0 Å². The fourth-order valence-electron chi connectivity index (χ4n) is 1.97. The van der Waals surface area contributed by atoms with Crippen LogP contribution in [0.4, 0.5) is 4.79 Å². The molecule has 104 valence electrons. The third kappa shape index (κ3) is 5.86. The normalized spacial score (nSPS) is 20.3. The fourth-order valence-corrected chi connectivity index (χ4v) is 1.97. The smallest absolute Gasteiger partial charge is 0.329 e. The van der Waals surface area contributed by atoms with Crippen molar-refractivity contribution in [3.05, 3.63) is 0 Å². The zero-order valence-electron chi connectivity index (χ0n) is 10.9. The number of aliphatic carboxylic acids is 1. The van der Waals surface area contributed by atoms with Crippen LogP contribution in [0.1, 0.15) is 26.2 Å². The Bertz CT molecular complexity index is 283. The second-order valence-corrected chi connectivity index (χ2v) is 4.70. The molecule has 1 unspecified atom stereocenters. The van der Waals surface area contributed by atoms with E-state index in [1.807, 2.05) is 4.90 Å². The lowest BCUT2D eigenvalue weighted by atomic mass is 10.0. The van der Waals surface area contributed by atoms with Crippen molar-refractivity contribution in [2.24, 2.45) is 5.92 Å². The van der Waals surface area contributed by atoms with E-state index in [0.29, 0.717) is 12.5 Å². The van der Waals surface area contributed by atoms with Gasteiger partial charge >= 0.3 is 12.0 Å². The molecule has 1 rings (SSSR count). The van der Waals surface area contributed by atoms with Crippen LogP contribution in [0.3, 0.4) is 0 Å². The number of nitrogens with one attached hydrogen (secondary N) is 1. The monoisotopic (exact) mass is 258 g/mol. The Balaban J connectivity index is 2.13. The van der Waals surface area contributed by atoms with Crippen molar-refractivity contribution in [2.75, 3.05) is 32.8 Å². The van der Waals surface area contributed by atoms with Crippen LogP contribution in [0, 0.1) is 5.92 Å². The molecule has 0 aliphatic carbocycles. The molecular formula is C12H22N2O4. The summed E-state index contributed by atoms with van der Waals surface area (Å²) < 4.78 is 4.84. The minimum Gasteiger partial charge on any atom is -0.480 e. The van der Waals surface area contributed by atoms with Gasteiger partial charge in [0.15, 0.2) is 0 Å². The first-order valence-electron chi connectivity index (χ1n) is 6.42. The molecule has 1 aliphatic heterocycles. The van der Waals surface area contributed by atoms with Gasteiger partial charge in [0.1, 0.15) is 6.61 Å². The summed E-state index contributed by atoms with van der Waals surface area (Å²) in [5, 5.41) is 11.1. The maximum absolute atomic E-state index is 11.8. The van der Waals surface area contributed by atoms with Gasteiger partial charge in [-0.25, -0.2) is 9.59 Å². The zero-order chi connectivity index (χ0) is 13.4. The molecule has 1 saturated heterocycles. The summed E-state index contributed by atoms with van der Waals surface area (Å²) in [6, 6.07) is -0.0805. The van der Waals surface area contributed by atoms with Gasteiger partial charge in [-0.1, -0.05) is 6.92 Å². The van der Waals surface area contributed by atoms with Crippen molar-refractivity contribution in [3.63, 3.8) is 0 Å². The zero-order valence-corrected chi connectivity index (χ0v) is 10.9. The first-order valence-corrected chi connectivity index (χ1v) is 6.42. The van der Waals surface area contributed by atoms with Crippen molar-refractivity contribution >= 4 is 12.0 Å². The second-order valence-electron chi connectivity index (χ2n) is 4.70. The highest BCUT2D eigenvalue weighted by Crippen LogP contribution is 2.16. The van der Waals surface area contributed by atoms with Crippen LogP contribution in [0.2, 0.25) is 0 Å². The van der Waals surface area contributed by atoms with E-state index >= 15 is 0 Å². The molecule has 0 aromatic carbocycles. The molecule has 6 nitrogen and oxygen atoms in total. The number of rotatable bonds is 5. The third-order valence-corrected chi connectivity index (χ3v) is 3.05. The molecule has 18 heavy (non-hydrogen) atoms. The van der Waals surface area contributed by atoms with E-state index < -0.39 is 5.97 Å². The SMILES string of the molecule is CC1CCCN(C(=O)NCCOCC(=O)O)CC1. The molecule has 1 fully saturated rings. The quantitative estimate of drug-likeness (QED) is 0.719. The topological polar surface area (TPSA) is 78.9 Å². The molecule has 0 aromatic heterocycles. The number of amides is 2. The summed E-state index contributed by atoms with van der Waals surface area (Å²) in [6.07, 6.45) is 3.26. The van der Waals surface area contributed by atoms with E-state index in [1.165, 1.54) is 6.42 Å². The fraction of sp³-hybridized carbons (Fsp3) is 0.833. The molecule has 1 aliphatic rings. The number of hydrogen-bond acceptors (Lipinski definition) is 3. The minimum absolute atomic E-state index is 0.0805. The van der Waals surface area contributed by atoms with E-state index in [9.17, 15) is 9.59 Å². The van der Waals surface area contributed by atoms with Gasteiger partial charge in [-0.05, 0) is 25.2 Å². The average Bonchev–Trinajstić information content (AvgIpc) is 2.53. The van der Waals surface area contributed by atoms with Crippen molar-refractivity contribution in [3.8, 4) is 0 Å². The third-order valence-electron chi connectivity index (χ3n) is 3.05. The molecule has 6 heteroatoms. The summed E-state index contributed by atoms with van der Waals surface area (Å²) >= 11 is 0. The molecule has 0 saturated carbocycles. The molecule has 1 atom stereocenters. The number of hydrogen-bond donors (Lipinski definition) is 2. The van der Waals surface area contributed by atoms with Crippen LogP contribution in [0.25, 0.3) is 0 Å². The number of carbonyl (C=O) groups excluding carboxylic acids is 1. The van der Waals surface area contributed by atoms with Gasteiger partial charge in [0.05, 0.1) is 6.61 Å². The molecular weight excluding hydrogens is 236 g/mol. The molecule has 0 bridgehead atoms. The van der Waals surface area contributed by atoms with Gasteiger partial charge in [-0.3, -0.25) is 0 Å². The average molecular weight is 258 g/mol. The lowest BCUT2D eigenvalue weighted by molar-refractivity contribution is -0.142. The maximum Gasteiger partial charge on any atom is 0.329 e. The molecule has 0 aromatic rings. The van der Waals surface area contributed by atoms with Crippen LogP contribution in [0.15, 0.2) is 0 Å². The Labute approximate surface area is 107 Å². The number of nitrogens with zero attached hydrogens (tertiary/aromatic N) is 1.